The largest absolute Gasteiger partial charge is 0.479 e. The molecule has 17 heavy (non-hydrogen) atoms. The van der Waals surface area contributed by atoms with Gasteiger partial charge in [0.15, 0.2) is 6.10 Å². The van der Waals surface area contributed by atoms with E-state index >= 15 is 0 Å². The number of aliphatic hydroxyl groups is 1. The lowest BCUT2D eigenvalue weighted by molar-refractivity contribution is -0.149. The molecule has 2 unspecified atom stereocenters. The molecule has 2 N–H and O–H groups in total. The quantitative estimate of drug-likeness (QED) is 0.728. The second-order valence-electron chi connectivity index (χ2n) is 5.37. The molecular formula is C12H21NO4. The Bertz CT molecular complexity index is 278. The molecule has 1 heterocycles. The van der Waals surface area contributed by atoms with E-state index in [4.69, 9.17) is 9.84 Å². The smallest absolute Gasteiger partial charge is 0.332 e. The van der Waals surface area contributed by atoms with Gasteiger partial charge in [0.1, 0.15) is 0 Å². The molecule has 1 saturated heterocycles. The van der Waals surface area contributed by atoms with E-state index in [9.17, 15) is 9.90 Å². The van der Waals surface area contributed by atoms with Crippen molar-refractivity contribution in [3.05, 3.63) is 0 Å². The average molecular weight is 243 g/mol. The normalized spacial score (nSPS) is 37.1. The summed E-state index contributed by atoms with van der Waals surface area (Å²) in [5.74, 6) is -0.260. The lowest BCUT2D eigenvalue weighted by Crippen LogP contribution is -2.39. The minimum Gasteiger partial charge on any atom is -0.479 e. The van der Waals surface area contributed by atoms with Gasteiger partial charge in [0.25, 0.3) is 0 Å². The van der Waals surface area contributed by atoms with Gasteiger partial charge < -0.3 is 19.8 Å². The minimum absolute atomic E-state index is 0.0473. The number of aliphatic carboxylic acids is 1. The van der Waals surface area contributed by atoms with Gasteiger partial charge >= 0.3 is 5.97 Å². The van der Waals surface area contributed by atoms with Gasteiger partial charge in [-0.2, -0.15) is 0 Å². The number of carboxylic acid groups (broad SMARTS) is 1. The number of aliphatic hydroxyl groups excluding tert-OH is 1. The van der Waals surface area contributed by atoms with Crippen LogP contribution in [0.1, 0.15) is 25.7 Å². The standard InChI is InChI=1S/C12H21NO4/c1-13(6-8-4-9(14)5-8)7-10-2-3-11(17-10)12(15)16/h8-11,14H,2-7H2,1H3,(H,15,16). The van der Waals surface area contributed by atoms with Crippen LogP contribution in [0.5, 0.6) is 0 Å². The number of hydrogen-bond donors (Lipinski definition) is 2. The van der Waals surface area contributed by atoms with Crippen LogP contribution in [0.25, 0.3) is 0 Å². The maximum atomic E-state index is 10.7. The van der Waals surface area contributed by atoms with Crippen LogP contribution in [0.15, 0.2) is 0 Å². The molecule has 5 nitrogen and oxygen atoms in total. The van der Waals surface area contributed by atoms with Gasteiger partial charge in [0, 0.05) is 13.1 Å². The average Bonchev–Trinajstić information content (AvgIpc) is 2.63. The zero-order valence-electron chi connectivity index (χ0n) is 10.2. The summed E-state index contributed by atoms with van der Waals surface area (Å²) in [6, 6.07) is 0. The molecule has 2 atom stereocenters. The fourth-order valence-corrected chi connectivity index (χ4v) is 2.73. The summed E-state index contributed by atoms with van der Waals surface area (Å²) < 4.78 is 5.46. The lowest BCUT2D eigenvalue weighted by Gasteiger charge is -2.35. The highest BCUT2D eigenvalue weighted by molar-refractivity contribution is 5.72. The first-order valence-electron chi connectivity index (χ1n) is 6.29. The van der Waals surface area contributed by atoms with E-state index < -0.39 is 12.1 Å². The summed E-state index contributed by atoms with van der Waals surface area (Å²) in [4.78, 5) is 12.9. The SMILES string of the molecule is CN(CC1CC(O)C1)CC1CCC(C(=O)O)O1. The Morgan fingerprint density at radius 3 is 2.59 bits per heavy atom. The zero-order chi connectivity index (χ0) is 12.4. The molecule has 2 fully saturated rings. The van der Waals surface area contributed by atoms with Crippen LogP contribution in [-0.4, -0.2) is 59.5 Å². The molecule has 98 valence electrons. The van der Waals surface area contributed by atoms with Crippen molar-refractivity contribution < 1.29 is 19.7 Å². The van der Waals surface area contributed by atoms with Crippen LogP contribution in [0.2, 0.25) is 0 Å². The minimum atomic E-state index is -0.850. The predicted molar refractivity (Wildman–Crippen MR) is 61.8 cm³/mol. The highest BCUT2D eigenvalue weighted by Gasteiger charge is 2.32. The Morgan fingerprint density at radius 1 is 1.35 bits per heavy atom. The molecule has 2 aliphatic rings. The first kappa shape index (κ1) is 12.8. The third-order valence-electron chi connectivity index (χ3n) is 3.68. The highest BCUT2D eigenvalue weighted by atomic mass is 16.5. The van der Waals surface area contributed by atoms with Crippen molar-refractivity contribution in [2.45, 2.75) is 44.0 Å². The summed E-state index contributed by atoms with van der Waals surface area (Å²) in [5.41, 5.74) is 0. The van der Waals surface area contributed by atoms with Crippen LogP contribution >= 0.6 is 0 Å². The molecule has 0 aromatic heterocycles. The Kier molecular flexibility index (Phi) is 4.01. The van der Waals surface area contributed by atoms with Crippen LogP contribution in [0.4, 0.5) is 0 Å². The topological polar surface area (TPSA) is 70.0 Å². The molecule has 1 aliphatic carbocycles. The third kappa shape index (κ3) is 3.40. The lowest BCUT2D eigenvalue weighted by atomic mass is 9.82. The molecule has 0 aromatic carbocycles. The third-order valence-corrected chi connectivity index (χ3v) is 3.68. The van der Waals surface area contributed by atoms with Crippen molar-refractivity contribution in [2.75, 3.05) is 20.1 Å². The van der Waals surface area contributed by atoms with E-state index in [0.717, 1.165) is 32.4 Å². The monoisotopic (exact) mass is 243 g/mol. The Hall–Kier alpha value is -0.650. The van der Waals surface area contributed by atoms with Gasteiger partial charge in [-0.05, 0) is 38.6 Å². The van der Waals surface area contributed by atoms with Crippen molar-refractivity contribution in [3.63, 3.8) is 0 Å². The summed E-state index contributed by atoms with van der Waals surface area (Å²) in [5, 5.41) is 18.0. The molecule has 0 bridgehead atoms. The molecule has 5 heteroatoms. The highest BCUT2D eigenvalue weighted by Crippen LogP contribution is 2.28. The van der Waals surface area contributed by atoms with E-state index in [1.165, 1.54) is 0 Å². The second-order valence-corrected chi connectivity index (χ2v) is 5.37. The number of likely N-dealkylation sites (N-methyl/N-ethyl adjacent to an activating group) is 1. The summed E-state index contributed by atoms with van der Waals surface area (Å²) in [7, 11) is 2.03. The Labute approximate surface area is 101 Å². The predicted octanol–water partition coefficient (Wildman–Crippen LogP) is 0.321. The van der Waals surface area contributed by atoms with Gasteiger partial charge in [0.2, 0.25) is 0 Å². The number of ether oxygens (including phenoxy) is 1. The first-order valence-corrected chi connectivity index (χ1v) is 6.29. The number of hydrogen-bond acceptors (Lipinski definition) is 4. The zero-order valence-corrected chi connectivity index (χ0v) is 10.2. The van der Waals surface area contributed by atoms with Crippen LogP contribution < -0.4 is 0 Å². The van der Waals surface area contributed by atoms with Crippen molar-refractivity contribution in [1.29, 1.82) is 0 Å². The molecule has 0 spiro atoms. The van der Waals surface area contributed by atoms with Gasteiger partial charge in [-0.15, -0.1) is 0 Å². The maximum absolute atomic E-state index is 10.7. The molecule has 0 amide bonds. The number of carbonyl (C=O) groups is 1. The molecule has 2 rings (SSSR count). The van der Waals surface area contributed by atoms with E-state index in [-0.39, 0.29) is 12.2 Å². The van der Waals surface area contributed by atoms with Crippen molar-refractivity contribution in [2.24, 2.45) is 5.92 Å². The van der Waals surface area contributed by atoms with Crippen molar-refractivity contribution >= 4 is 5.97 Å². The molecule has 0 aromatic rings. The fourth-order valence-electron chi connectivity index (χ4n) is 2.73. The number of carboxylic acids is 1. The van der Waals surface area contributed by atoms with E-state index in [2.05, 4.69) is 4.90 Å². The summed E-state index contributed by atoms with van der Waals surface area (Å²) >= 11 is 0. The number of nitrogens with zero attached hydrogens (tertiary/aromatic N) is 1. The first-order chi connectivity index (χ1) is 8.04. The summed E-state index contributed by atoms with van der Waals surface area (Å²) in [6.07, 6.45) is 2.57. The van der Waals surface area contributed by atoms with E-state index in [1.807, 2.05) is 7.05 Å². The van der Waals surface area contributed by atoms with Gasteiger partial charge in [-0.1, -0.05) is 0 Å². The van der Waals surface area contributed by atoms with Gasteiger partial charge in [-0.3, -0.25) is 0 Å². The van der Waals surface area contributed by atoms with Gasteiger partial charge in [0.05, 0.1) is 12.2 Å². The summed E-state index contributed by atoms with van der Waals surface area (Å²) in [6.45, 7) is 1.75. The Morgan fingerprint density at radius 2 is 2.06 bits per heavy atom. The number of rotatable bonds is 5. The van der Waals surface area contributed by atoms with Crippen molar-refractivity contribution in [1.82, 2.24) is 4.90 Å². The van der Waals surface area contributed by atoms with Crippen LogP contribution in [-0.2, 0) is 9.53 Å². The van der Waals surface area contributed by atoms with Crippen molar-refractivity contribution in [3.8, 4) is 0 Å². The molecular weight excluding hydrogens is 222 g/mol. The molecule has 0 radical (unpaired) electrons. The van der Waals surface area contributed by atoms with E-state index in [1.54, 1.807) is 0 Å². The van der Waals surface area contributed by atoms with Crippen LogP contribution in [0, 0.1) is 5.92 Å². The molecule has 1 aliphatic heterocycles. The molecule has 1 saturated carbocycles. The Balaban J connectivity index is 1.65. The maximum Gasteiger partial charge on any atom is 0.332 e. The van der Waals surface area contributed by atoms with Gasteiger partial charge in [-0.25, -0.2) is 4.79 Å². The fraction of sp³-hybridized carbons (Fsp3) is 0.917. The second kappa shape index (κ2) is 5.33. The van der Waals surface area contributed by atoms with Crippen LogP contribution in [0.3, 0.4) is 0 Å². The van der Waals surface area contributed by atoms with E-state index in [0.29, 0.717) is 12.3 Å².